The Labute approximate surface area is 156 Å². The van der Waals surface area contributed by atoms with Gasteiger partial charge in [0, 0.05) is 16.2 Å². The molecule has 0 amide bonds. The Kier molecular flexibility index (Phi) is 4.86. The maximum absolute atomic E-state index is 13.2. The lowest BCUT2D eigenvalue weighted by Crippen LogP contribution is -2.12. The van der Waals surface area contributed by atoms with Gasteiger partial charge in [-0.05, 0) is 35.9 Å². The van der Waals surface area contributed by atoms with E-state index >= 15 is 0 Å². The molecule has 2 N–H and O–H groups in total. The van der Waals surface area contributed by atoms with Crippen LogP contribution in [0.5, 0.6) is 0 Å². The molecule has 3 aromatic rings. The lowest BCUT2D eigenvalue weighted by atomic mass is 10.1. The van der Waals surface area contributed by atoms with Crippen molar-refractivity contribution in [2.24, 2.45) is 10.3 Å². The zero-order valence-corrected chi connectivity index (χ0v) is 14.7. The van der Waals surface area contributed by atoms with Crippen LogP contribution in [0, 0.1) is 0 Å². The van der Waals surface area contributed by atoms with E-state index in [4.69, 9.17) is 10.7 Å². The zero-order valence-electron chi connectivity index (χ0n) is 13.9. The summed E-state index contributed by atoms with van der Waals surface area (Å²) in [5.74, 6) is 0. The van der Waals surface area contributed by atoms with Crippen LogP contribution in [-0.4, -0.2) is 18.2 Å². The average molecular weight is 408 g/mol. The zero-order chi connectivity index (χ0) is 20.5. The van der Waals surface area contributed by atoms with Gasteiger partial charge in [0.05, 0.1) is 16.3 Å². The summed E-state index contributed by atoms with van der Waals surface area (Å²) < 4.78 is 63.3. The molecule has 0 saturated heterocycles. The minimum Gasteiger partial charge on any atom is -0.233 e. The van der Waals surface area contributed by atoms with Crippen LogP contribution in [-0.2, 0) is 16.2 Å². The van der Waals surface area contributed by atoms with Crippen molar-refractivity contribution in [3.05, 3.63) is 70.7 Å². The summed E-state index contributed by atoms with van der Waals surface area (Å²) in [7, 11) is -3.94. The number of nitrogens with zero attached hydrogens (tertiary/aromatic N) is 5. The molecule has 1 aromatic heterocycles. The molecule has 0 fully saturated rings. The highest BCUT2D eigenvalue weighted by Crippen LogP contribution is 2.33. The average Bonchev–Trinajstić information content (AvgIpc) is 3.08. The van der Waals surface area contributed by atoms with Crippen molar-refractivity contribution < 1.29 is 21.6 Å². The fraction of sp³-hybridized carbons (Fsp3) is 0.0625. The molecule has 0 unspecified atom stereocenters. The molecule has 0 aliphatic heterocycles. The van der Waals surface area contributed by atoms with Crippen LogP contribution in [0.3, 0.4) is 0 Å². The second-order valence-electron chi connectivity index (χ2n) is 5.60. The molecule has 0 atom stereocenters. The summed E-state index contributed by atoms with van der Waals surface area (Å²) in [5.41, 5.74) is 8.33. The van der Waals surface area contributed by atoms with Crippen molar-refractivity contribution in [3.63, 3.8) is 0 Å². The van der Waals surface area contributed by atoms with Crippen LogP contribution in [0.25, 0.3) is 27.4 Å². The van der Waals surface area contributed by atoms with Crippen molar-refractivity contribution >= 4 is 15.7 Å². The number of nitrogens with two attached hydrogens (primary N) is 1. The maximum atomic E-state index is 13.2. The van der Waals surface area contributed by atoms with Crippen LogP contribution in [0.15, 0.2) is 64.6 Å². The van der Waals surface area contributed by atoms with E-state index in [1.807, 2.05) is 0 Å². The number of sulfonamides is 1. The largest absolute Gasteiger partial charge is 0.435 e. The van der Waals surface area contributed by atoms with Gasteiger partial charge in [-0.3, -0.25) is 0 Å². The minimum absolute atomic E-state index is 0.114. The van der Waals surface area contributed by atoms with Gasteiger partial charge in [0.25, 0.3) is 0 Å². The van der Waals surface area contributed by atoms with Gasteiger partial charge in [-0.1, -0.05) is 29.4 Å². The monoisotopic (exact) mass is 408 g/mol. The van der Waals surface area contributed by atoms with E-state index in [1.165, 1.54) is 48.5 Å². The van der Waals surface area contributed by atoms with E-state index in [1.54, 1.807) is 0 Å². The summed E-state index contributed by atoms with van der Waals surface area (Å²) in [4.78, 5) is 2.46. The summed E-state index contributed by atoms with van der Waals surface area (Å²) in [6.07, 6.45) is -4.68. The number of aromatic nitrogens is 2. The standard InChI is InChI=1S/C16H11F3N6O2S/c17-16(18,19)15-9-14(10-1-3-11(4-2-10)22-24-20)25(23-15)12-5-7-13(8-6-12)28(21,26)27/h1-9H,(H2,21,26,27). The molecule has 2 aromatic carbocycles. The van der Waals surface area contributed by atoms with E-state index in [-0.39, 0.29) is 16.3 Å². The molecule has 28 heavy (non-hydrogen) atoms. The Morgan fingerprint density at radius 3 is 2.18 bits per heavy atom. The van der Waals surface area contributed by atoms with Crippen LogP contribution >= 0.6 is 0 Å². The molecule has 0 aliphatic rings. The summed E-state index contributed by atoms with van der Waals surface area (Å²) >= 11 is 0. The number of hydrogen-bond donors (Lipinski definition) is 1. The van der Waals surface area contributed by atoms with Gasteiger partial charge in [-0.15, -0.1) is 0 Å². The van der Waals surface area contributed by atoms with Crippen molar-refractivity contribution in [3.8, 4) is 16.9 Å². The number of primary sulfonamides is 1. The third-order valence-electron chi connectivity index (χ3n) is 3.73. The topological polar surface area (TPSA) is 127 Å². The lowest BCUT2D eigenvalue weighted by molar-refractivity contribution is -0.141. The SMILES string of the molecule is [N-]=[N+]=Nc1ccc(-c2cc(C(F)(F)F)nn2-c2ccc(S(N)(=O)=O)cc2)cc1. The molecule has 0 saturated carbocycles. The smallest absolute Gasteiger partial charge is 0.233 e. The first-order valence-corrected chi connectivity index (χ1v) is 9.10. The fourth-order valence-corrected chi connectivity index (χ4v) is 2.97. The summed E-state index contributed by atoms with van der Waals surface area (Å²) in [6.45, 7) is 0. The van der Waals surface area contributed by atoms with Gasteiger partial charge in [0.1, 0.15) is 0 Å². The van der Waals surface area contributed by atoms with Gasteiger partial charge in [0.2, 0.25) is 10.0 Å². The van der Waals surface area contributed by atoms with Gasteiger partial charge < -0.3 is 0 Å². The second kappa shape index (κ2) is 7.00. The number of benzene rings is 2. The van der Waals surface area contributed by atoms with Gasteiger partial charge >= 0.3 is 6.18 Å². The number of hydrogen-bond acceptors (Lipinski definition) is 4. The van der Waals surface area contributed by atoms with Gasteiger partial charge in [-0.25, -0.2) is 18.2 Å². The molecule has 144 valence electrons. The molecule has 1 heterocycles. The van der Waals surface area contributed by atoms with Crippen molar-refractivity contribution in [1.29, 1.82) is 0 Å². The highest BCUT2D eigenvalue weighted by Gasteiger charge is 2.35. The first-order valence-electron chi connectivity index (χ1n) is 7.55. The first-order chi connectivity index (χ1) is 13.1. The van der Waals surface area contributed by atoms with Gasteiger partial charge in [0.15, 0.2) is 5.69 Å². The Morgan fingerprint density at radius 1 is 1.07 bits per heavy atom. The number of alkyl halides is 3. The second-order valence-corrected chi connectivity index (χ2v) is 7.16. The highest BCUT2D eigenvalue weighted by atomic mass is 32.2. The predicted molar refractivity (Wildman–Crippen MR) is 94.2 cm³/mol. The van der Waals surface area contributed by atoms with Crippen molar-refractivity contribution in [2.75, 3.05) is 0 Å². The van der Waals surface area contributed by atoms with Gasteiger partial charge in [-0.2, -0.15) is 18.3 Å². The summed E-state index contributed by atoms with van der Waals surface area (Å²) in [5, 5.41) is 12.0. The molecular formula is C16H11F3N6O2S. The van der Waals surface area contributed by atoms with Crippen LogP contribution < -0.4 is 5.14 Å². The molecule has 8 nitrogen and oxygen atoms in total. The van der Waals surface area contributed by atoms with E-state index in [2.05, 4.69) is 15.1 Å². The van der Waals surface area contributed by atoms with E-state index in [9.17, 15) is 21.6 Å². The third-order valence-corrected chi connectivity index (χ3v) is 4.66. The number of rotatable bonds is 4. The number of azide groups is 1. The van der Waals surface area contributed by atoms with E-state index in [0.717, 1.165) is 10.7 Å². The minimum atomic E-state index is -4.68. The molecule has 0 radical (unpaired) electrons. The van der Waals surface area contributed by atoms with E-state index in [0.29, 0.717) is 11.3 Å². The lowest BCUT2D eigenvalue weighted by Gasteiger charge is -2.09. The molecular weight excluding hydrogens is 397 g/mol. The maximum Gasteiger partial charge on any atom is 0.435 e. The molecule has 12 heteroatoms. The van der Waals surface area contributed by atoms with Crippen molar-refractivity contribution in [1.82, 2.24) is 9.78 Å². The number of halogens is 3. The van der Waals surface area contributed by atoms with Crippen LogP contribution in [0.4, 0.5) is 18.9 Å². The van der Waals surface area contributed by atoms with E-state index < -0.39 is 21.9 Å². The molecule has 0 bridgehead atoms. The molecule has 3 rings (SSSR count). The fourth-order valence-electron chi connectivity index (χ4n) is 2.45. The molecule has 0 spiro atoms. The Bertz CT molecular complexity index is 1160. The quantitative estimate of drug-likeness (QED) is 0.396. The Balaban J connectivity index is 2.14. The highest BCUT2D eigenvalue weighted by molar-refractivity contribution is 7.89. The van der Waals surface area contributed by atoms with Crippen LogP contribution in [0.2, 0.25) is 0 Å². The third kappa shape index (κ3) is 3.98. The molecule has 0 aliphatic carbocycles. The Hall–Kier alpha value is -3.34. The normalized spacial score (nSPS) is 11.9. The van der Waals surface area contributed by atoms with Crippen molar-refractivity contribution in [2.45, 2.75) is 11.1 Å². The first kappa shape index (κ1) is 19.4. The van der Waals surface area contributed by atoms with Crippen LogP contribution in [0.1, 0.15) is 5.69 Å². The Morgan fingerprint density at radius 2 is 1.68 bits per heavy atom. The predicted octanol–water partition coefficient (Wildman–Crippen LogP) is 4.15. The summed E-state index contributed by atoms with van der Waals surface area (Å²) in [6, 6.07) is 11.7.